The van der Waals surface area contributed by atoms with Crippen LogP contribution in [0.3, 0.4) is 0 Å². The molecular weight excluding hydrogens is 633 g/mol. The average molecular weight is 670 g/mol. The molecule has 0 aliphatic carbocycles. The summed E-state index contributed by atoms with van der Waals surface area (Å²) in [5.74, 6) is 1.32. The molecule has 0 unspecified atom stereocenters. The Morgan fingerprint density at radius 3 is 1.33 bits per heavy atom. The molecule has 7 aromatic carbocycles. The molecule has 0 spiro atoms. The molecule has 0 saturated heterocycles. The lowest BCUT2D eigenvalue weighted by atomic mass is 10.0. The second-order valence-electron chi connectivity index (χ2n) is 13.3. The molecule has 0 atom stereocenters. The largest absolute Gasteiger partial charge is 0.309 e. The number of aromatic nitrogens is 4. The Morgan fingerprint density at radius 2 is 0.827 bits per heavy atom. The summed E-state index contributed by atoms with van der Waals surface area (Å²) in [7, 11) is 0. The monoisotopic (exact) mass is 669 g/mol. The molecule has 52 heavy (non-hydrogen) atoms. The van der Waals surface area contributed by atoms with Crippen LogP contribution < -0.4 is 0 Å². The van der Waals surface area contributed by atoms with Crippen molar-refractivity contribution in [1.82, 2.24) is 18.7 Å². The van der Waals surface area contributed by atoms with Gasteiger partial charge in [0.1, 0.15) is 11.6 Å². The topological polar surface area (TPSA) is 27.7 Å². The van der Waals surface area contributed by atoms with Crippen LogP contribution in [-0.4, -0.2) is 18.7 Å². The Morgan fingerprint density at radius 1 is 0.404 bits per heavy atom. The predicted octanol–water partition coefficient (Wildman–Crippen LogP) is 12.3. The van der Waals surface area contributed by atoms with Crippen molar-refractivity contribution in [2.24, 2.45) is 0 Å². The zero-order valence-corrected chi connectivity index (χ0v) is 28.1. The number of para-hydroxylation sites is 6. The van der Waals surface area contributed by atoms with E-state index in [1.807, 2.05) is 66.7 Å². The first kappa shape index (κ1) is 24.3. The Bertz CT molecular complexity index is 3180. The minimum atomic E-state index is 0.389. The summed E-state index contributed by atoms with van der Waals surface area (Å²) >= 11 is 0. The fourth-order valence-electron chi connectivity index (χ4n) is 8.17. The van der Waals surface area contributed by atoms with E-state index in [2.05, 4.69) is 75.2 Å². The molecular formula is C48H32N4. The second-order valence-corrected chi connectivity index (χ2v) is 13.3. The summed E-state index contributed by atoms with van der Waals surface area (Å²) in [5.41, 5.74) is 9.56. The second kappa shape index (κ2) is 11.0. The van der Waals surface area contributed by atoms with Gasteiger partial charge in [-0.3, -0.25) is 9.13 Å². The van der Waals surface area contributed by atoms with Crippen LogP contribution in [0.4, 0.5) is 0 Å². The molecule has 11 rings (SSSR count). The van der Waals surface area contributed by atoms with Crippen LogP contribution in [0.25, 0.3) is 93.9 Å². The highest BCUT2D eigenvalue weighted by atomic mass is 15.1. The molecule has 11 aromatic rings. The van der Waals surface area contributed by atoms with Crippen LogP contribution in [0.2, 0.25) is 0 Å². The van der Waals surface area contributed by atoms with E-state index >= 15 is 0 Å². The zero-order valence-electron chi connectivity index (χ0n) is 33.1. The highest BCUT2D eigenvalue weighted by Gasteiger charge is 2.21. The number of nitrogens with zero attached hydrogens (tertiary/aromatic N) is 4. The van der Waals surface area contributed by atoms with E-state index in [4.69, 9.17) is 11.8 Å². The van der Waals surface area contributed by atoms with Gasteiger partial charge in [0, 0.05) is 37.9 Å². The quantitative estimate of drug-likeness (QED) is 0.183. The first-order chi connectivity index (χ1) is 27.7. The normalized spacial score (nSPS) is 13.3. The molecule has 4 heteroatoms. The maximum absolute atomic E-state index is 8.49. The summed E-state index contributed by atoms with van der Waals surface area (Å²) in [5, 5.41) is 5.60. The fourth-order valence-corrected chi connectivity index (χ4v) is 8.17. The van der Waals surface area contributed by atoms with Gasteiger partial charge >= 0.3 is 0 Å². The molecule has 0 amide bonds. The van der Waals surface area contributed by atoms with Gasteiger partial charge in [0.25, 0.3) is 0 Å². The van der Waals surface area contributed by atoms with Gasteiger partial charge in [-0.2, -0.15) is 0 Å². The number of fused-ring (bicyclic) bond motifs is 9. The third-order valence-corrected chi connectivity index (χ3v) is 10.4. The molecule has 0 aliphatic rings. The van der Waals surface area contributed by atoms with Crippen molar-refractivity contribution < 1.29 is 6.85 Å². The van der Waals surface area contributed by atoms with E-state index in [0.29, 0.717) is 41.8 Å². The van der Waals surface area contributed by atoms with Gasteiger partial charge in [0.05, 0.1) is 45.6 Å². The molecule has 244 valence electrons. The van der Waals surface area contributed by atoms with Crippen molar-refractivity contribution in [2.45, 2.75) is 6.92 Å². The van der Waals surface area contributed by atoms with E-state index in [1.165, 1.54) is 0 Å². The molecule has 4 aromatic heterocycles. The van der Waals surface area contributed by atoms with Gasteiger partial charge in [-0.1, -0.05) is 121 Å². The summed E-state index contributed by atoms with van der Waals surface area (Å²) in [6, 6.07) is 49.3. The first-order valence-electron chi connectivity index (χ1n) is 19.9. The number of aryl methyl sites for hydroxylation is 1. The van der Waals surface area contributed by atoms with Crippen LogP contribution in [0.15, 0.2) is 176 Å². The van der Waals surface area contributed by atoms with Gasteiger partial charge in [-0.05, 0) is 73.2 Å². The van der Waals surface area contributed by atoms with E-state index in [1.54, 1.807) is 24.3 Å². The zero-order chi connectivity index (χ0) is 38.7. The van der Waals surface area contributed by atoms with E-state index in [-0.39, 0.29) is 0 Å². The molecule has 4 nitrogen and oxygen atoms in total. The standard InChI is InChI=1S/C48H32N4/c1-31-26-27-46-39(28-31)38-19-7-9-21-41(38)50(46)40-20-8-2-14-33(40)32-29-47(51-42-22-10-3-15-34(42)35-16-4-11-23-43(35)51)49-48(30-32)52-44-24-12-5-17-36(44)37-18-6-13-25-45(37)52/h2-30H,1H3/i3D,4D,5D,6D,7D. The molecule has 0 saturated carbocycles. The summed E-state index contributed by atoms with van der Waals surface area (Å²) in [6.45, 7) is 2.09. The minimum Gasteiger partial charge on any atom is -0.309 e. The van der Waals surface area contributed by atoms with Crippen molar-refractivity contribution in [3.8, 4) is 28.5 Å². The third-order valence-electron chi connectivity index (χ3n) is 10.4. The van der Waals surface area contributed by atoms with E-state index in [9.17, 15) is 0 Å². The van der Waals surface area contributed by atoms with Crippen LogP contribution in [-0.2, 0) is 0 Å². The van der Waals surface area contributed by atoms with Crippen LogP contribution in [0.1, 0.15) is 12.4 Å². The number of hydrogen-bond acceptors (Lipinski definition) is 1. The Balaban J connectivity index is 1.27. The minimum absolute atomic E-state index is 0.389. The number of benzene rings is 7. The Labute approximate surface area is 307 Å². The number of pyridine rings is 1. The molecule has 0 radical (unpaired) electrons. The molecule has 0 bridgehead atoms. The molecule has 0 aliphatic heterocycles. The lowest BCUT2D eigenvalue weighted by Crippen LogP contribution is -2.05. The Kier molecular flexibility index (Phi) is 5.16. The number of hydrogen-bond donors (Lipinski definition) is 0. The third kappa shape index (κ3) is 4.12. The van der Waals surface area contributed by atoms with E-state index in [0.717, 1.165) is 87.8 Å². The van der Waals surface area contributed by atoms with Gasteiger partial charge in [-0.25, -0.2) is 4.98 Å². The van der Waals surface area contributed by atoms with Crippen molar-refractivity contribution in [2.75, 3.05) is 0 Å². The average Bonchev–Trinajstić information content (AvgIpc) is 3.81. The molecule has 0 N–H and O–H groups in total. The highest BCUT2D eigenvalue weighted by Crippen LogP contribution is 2.40. The smallest absolute Gasteiger partial charge is 0.140 e. The predicted molar refractivity (Wildman–Crippen MR) is 217 cm³/mol. The van der Waals surface area contributed by atoms with Gasteiger partial charge in [0.15, 0.2) is 0 Å². The van der Waals surface area contributed by atoms with Crippen molar-refractivity contribution in [1.29, 1.82) is 0 Å². The van der Waals surface area contributed by atoms with Crippen molar-refractivity contribution >= 4 is 65.4 Å². The van der Waals surface area contributed by atoms with Gasteiger partial charge in [0.2, 0.25) is 0 Å². The first-order valence-corrected chi connectivity index (χ1v) is 17.4. The lowest BCUT2D eigenvalue weighted by molar-refractivity contribution is 1.01. The SMILES string of the molecule is [2H]c1ccc2c(c1)c1cc([2H])ccc1n2-c1cc(-c2ccccc2-n2c3ccc([2H])cc3c3cc(C)ccc32)cc(-n2c3ccc([2H])cc3c3cc([2H])ccc32)n1. The fraction of sp³-hybridized carbons (Fsp3) is 0.0208. The van der Waals surface area contributed by atoms with Gasteiger partial charge < -0.3 is 4.57 Å². The van der Waals surface area contributed by atoms with Crippen molar-refractivity contribution in [3.63, 3.8) is 0 Å². The lowest BCUT2D eigenvalue weighted by Gasteiger charge is -2.17. The summed E-state index contributed by atoms with van der Waals surface area (Å²) < 4.78 is 49.0. The maximum Gasteiger partial charge on any atom is 0.140 e. The van der Waals surface area contributed by atoms with Crippen LogP contribution in [0.5, 0.6) is 0 Å². The summed E-state index contributed by atoms with van der Waals surface area (Å²) in [4.78, 5) is 5.46. The number of rotatable bonds is 4. The Hall–Kier alpha value is -6.91. The molecule has 4 heterocycles. The van der Waals surface area contributed by atoms with Crippen LogP contribution >= 0.6 is 0 Å². The summed E-state index contributed by atoms with van der Waals surface area (Å²) in [6.07, 6.45) is 0. The van der Waals surface area contributed by atoms with E-state index < -0.39 is 0 Å². The molecule has 0 fully saturated rings. The van der Waals surface area contributed by atoms with Crippen LogP contribution in [0, 0.1) is 6.92 Å². The van der Waals surface area contributed by atoms with Gasteiger partial charge in [-0.15, -0.1) is 0 Å². The maximum atomic E-state index is 8.49. The van der Waals surface area contributed by atoms with Crippen molar-refractivity contribution in [3.05, 3.63) is 181 Å². The highest BCUT2D eigenvalue weighted by molar-refractivity contribution is 6.12.